The van der Waals surface area contributed by atoms with Crippen LogP contribution in [0, 0.1) is 6.92 Å². The molecule has 1 aliphatic heterocycles. The lowest BCUT2D eigenvalue weighted by Crippen LogP contribution is -2.24. The van der Waals surface area contributed by atoms with Crippen LogP contribution in [0.2, 0.25) is 0 Å². The van der Waals surface area contributed by atoms with Crippen LogP contribution in [-0.4, -0.2) is 28.9 Å². The molecule has 1 atom stereocenters. The van der Waals surface area contributed by atoms with Crippen molar-refractivity contribution in [3.05, 3.63) is 71.9 Å². The van der Waals surface area contributed by atoms with Crippen LogP contribution >= 0.6 is 11.8 Å². The summed E-state index contributed by atoms with van der Waals surface area (Å²) in [6, 6.07) is 14.1. The first-order valence-corrected chi connectivity index (χ1v) is 12.5. The van der Waals surface area contributed by atoms with Crippen LogP contribution in [0.5, 0.6) is 11.5 Å². The molecule has 0 spiro atoms. The predicted molar refractivity (Wildman–Crippen MR) is 136 cm³/mol. The fourth-order valence-electron chi connectivity index (χ4n) is 4.73. The second-order valence-corrected chi connectivity index (χ2v) is 9.98. The van der Waals surface area contributed by atoms with E-state index in [0.717, 1.165) is 39.6 Å². The second-order valence-electron chi connectivity index (χ2n) is 8.86. The first kappa shape index (κ1) is 22.6. The molecule has 1 N–H and O–H groups in total. The number of hydrogen-bond donors (Lipinski definition) is 1. The fourth-order valence-corrected chi connectivity index (χ4v) is 5.59. The summed E-state index contributed by atoms with van der Waals surface area (Å²) in [5.41, 5.74) is 3.14. The molecule has 5 rings (SSSR count). The molecule has 2 heterocycles. The Balaban J connectivity index is 1.43. The van der Waals surface area contributed by atoms with E-state index in [1.807, 2.05) is 36.5 Å². The Morgan fingerprint density at radius 2 is 1.97 bits per heavy atom. The highest BCUT2D eigenvalue weighted by atomic mass is 32.2. The van der Waals surface area contributed by atoms with E-state index >= 15 is 0 Å². The first-order chi connectivity index (χ1) is 16.5. The van der Waals surface area contributed by atoms with Gasteiger partial charge in [0.1, 0.15) is 5.82 Å². The molecule has 3 aromatic rings. The minimum absolute atomic E-state index is 0.0433. The molecule has 0 saturated heterocycles. The number of methoxy groups -OCH3 is 1. The quantitative estimate of drug-likeness (QED) is 0.411. The summed E-state index contributed by atoms with van der Waals surface area (Å²) in [6.07, 6.45) is 7.02. The number of aromatic nitrogens is 2. The molecule has 0 radical (unpaired) electrons. The van der Waals surface area contributed by atoms with E-state index in [2.05, 4.69) is 36.1 Å². The monoisotopic (exact) mass is 475 g/mol. The smallest absolute Gasteiger partial charge is 0.226 e. The third kappa shape index (κ3) is 4.44. The van der Waals surface area contributed by atoms with E-state index in [9.17, 15) is 4.79 Å². The lowest BCUT2D eigenvalue weighted by atomic mass is 9.87. The molecule has 2 aromatic carbocycles. The summed E-state index contributed by atoms with van der Waals surface area (Å²) in [7, 11) is 1.66. The molecule has 1 aromatic heterocycles. The number of carbonyl (C=O) groups is 1. The average Bonchev–Trinajstić information content (AvgIpc) is 3.50. The lowest BCUT2D eigenvalue weighted by Gasteiger charge is -2.25. The number of rotatable bonds is 7. The molecule has 7 heteroatoms. The van der Waals surface area contributed by atoms with Gasteiger partial charge < -0.3 is 14.8 Å². The molecule has 2 aliphatic rings. The highest BCUT2D eigenvalue weighted by Crippen LogP contribution is 2.43. The van der Waals surface area contributed by atoms with Crippen LogP contribution < -0.4 is 14.8 Å². The maximum absolute atomic E-state index is 12.7. The van der Waals surface area contributed by atoms with E-state index in [-0.39, 0.29) is 17.9 Å². The number of thioether (sulfide) groups is 1. The topological polar surface area (TPSA) is 65.4 Å². The van der Waals surface area contributed by atoms with Gasteiger partial charge in [0.25, 0.3) is 0 Å². The zero-order valence-electron chi connectivity index (χ0n) is 19.5. The molecule has 0 bridgehead atoms. The van der Waals surface area contributed by atoms with Crippen molar-refractivity contribution in [3.8, 4) is 11.5 Å². The largest absolute Gasteiger partial charge is 0.493 e. The van der Waals surface area contributed by atoms with Crippen LogP contribution in [-0.2, 0) is 4.79 Å². The molecule has 1 saturated carbocycles. The summed E-state index contributed by atoms with van der Waals surface area (Å²) in [5.74, 6) is 1.97. The Morgan fingerprint density at radius 3 is 2.74 bits per heavy atom. The van der Waals surface area contributed by atoms with Gasteiger partial charge in [0.15, 0.2) is 11.5 Å². The number of fused-ring (bicyclic) bond motifs is 1. The Kier molecular flexibility index (Phi) is 6.37. The molecule has 34 heavy (non-hydrogen) atoms. The molecule has 1 unspecified atom stereocenters. The van der Waals surface area contributed by atoms with Crippen LogP contribution in [0.3, 0.4) is 0 Å². The van der Waals surface area contributed by atoms with Gasteiger partial charge >= 0.3 is 0 Å². The zero-order chi connectivity index (χ0) is 23.7. The van der Waals surface area contributed by atoms with Gasteiger partial charge in [0, 0.05) is 22.8 Å². The normalized spacial score (nSPS) is 17.8. The van der Waals surface area contributed by atoms with Crippen molar-refractivity contribution in [2.45, 2.75) is 55.9 Å². The fraction of sp³-hybridized carbons (Fsp3) is 0.333. The minimum atomic E-state index is -0.122. The minimum Gasteiger partial charge on any atom is -0.493 e. The highest BCUT2D eigenvalue weighted by Gasteiger charge is 2.31. The number of benzene rings is 2. The molecular formula is C27H29N3O3S. The van der Waals surface area contributed by atoms with E-state index in [0.29, 0.717) is 18.0 Å². The molecule has 1 aliphatic carbocycles. The summed E-state index contributed by atoms with van der Waals surface area (Å²) in [4.78, 5) is 13.8. The van der Waals surface area contributed by atoms with Crippen molar-refractivity contribution in [1.82, 2.24) is 9.78 Å². The van der Waals surface area contributed by atoms with Gasteiger partial charge in [-0.2, -0.15) is 5.10 Å². The van der Waals surface area contributed by atoms with Crippen molar-refractivity contribution in [2.24, 2.45) is 0 Å². The van der Waals surface area contributed by atoms with Gasteiger partial charge in [0.2, 0.25) is 5.91 Å². The number of ether oxygens (including phenoxy) is 2. The van der Waals surface area contributed by atoms with Crippen LogP contribution in [0.1, 0.15) is 54.7 Å². The summed E-state index contributed by atoms with van der Waals surface area (Å²) >= 11 is 1.54. The van der Waals surface area contributed by atoms with Crippen molar-refractivity contribution >= 4 is 28.5 Å². The third-order valence-electron chi connectivity index (χ3n) is 6.56. The van der Waals surface area contributed by atoms with E-state index < -0.39 is 0 Å². The number of hydrogen-bond acceptors (Lipinski definition) is 5. The van der Waals surface area contributed by atoms with Gasteiger partial charge in [-0.1, -0.05) is 42.6 Å². The molecule has 1 amide bonds. The lowest BCUT2D eigenvalue weighted by molar-refractivity contribution is -0.116. The summed E-state index contributed by atoms with van der Waals surface area (Å²) in [5, 5.41) is 8.33. The van der Waals surface area contributed by atoms with Crippen molar-refractivity contribution in [1.29, 1.82) is 0 Å². The Labute approximate surface area is 204 Å². The number of carbonyl (C=O) groups excluding carboxylic acids is 1. The van der Waals surface area contributed by atoms with E-state index in [1.54, 1.807) is 23.6 Å². The number of amides is 1. The van der Waals surface area contributed by atoms with Gasteiger partial charge in [0.05, 0.1) is 24.4 Å². The molecular weight excluding hydrogens is 446 g/mol. The van der Waals surface area contributed by atoms with E-state index in [1.165, 1.54) is 18.4 Å². The van der Waals surface area contributed by atoms with Crippen LogP contribution in [0.4, 0.5) is 5.82 Å². The van der Waals surface area contributed by atoms with Crippen molar-refractivity contribution in [3.63, 3.8) is 0 Å². The maximum Gasteiger partial charge on any atom is 0.226 e. The third-order valence-corrected chi connectivity index (χ3v) is 7.65. The zero-order valence-corrected chi connectivity index (χ0v) is 20.4. The van der Waals surface area contributed by atoms with Crippen molar-refractivity contribution in [2.75, 3.05) is 12.4 Å². The van der Waals surface area contributed by atoms with Crippen molar-refractivity contribution < 1.29 is 14.3 Å². The Hall–Kier alpha value is -3.19. The predicted octanol–water partition coefficient (Wildman–Crippen LogP) is 6.22. The summed E-state index contributed by atoms with van der Waals surface area (Å²) < 4.78 is 13.6. The standard InChI is InChI=1S/C27H29N3O3S/c1-17-8-4-7-11-25(17)34-18(2)30-27-22(16-28-30)21(15-26(31)29-27)19-12-13-23(24(14-19)32-3)33-20-9-5-6-10-20/h4,7-8,11-14,16,20-21H,2,5-6,9-10,15H2,1,3H3,(H,29,31). The summed E-state index contributed by atoms with van der Waals surface area (Å²) in [6.45, 7) is 6.30. The van der Waals surface area contributed by atoms with Crippen LogP contribution in [0.15, 0.2) is 60.1 Å². The Bertz CT molecular complexity index is 1230. The molecule has 1 fully saturated rings. The Morgan fingerprint density at radius 1 is 1.18 bits per heavy atom. The average molecular weight is 476 g/mol. The van der Waals surface area contributed by atoms with Gasteiger partial charge in [-0.15, -0.1) is 0 Å². The van der Waals surface area contributed by atoms with Gasteiger partial charge in [-0.05, 0) is 61.9 Å². The van der Waals surface area contributed by atoms with Gasteiger partial charge in [-0.25, -0.2) is 4.68 Å². The number of anilines is 1. The highest BCUT2D eigenvalue weighted by molar-refractivity contribution is 8.08. The SMILES string of the molecule is C=C(Sc1ccccc1C)n1ncc2c1NC(=O)CC2c1ccc(OC2CCCC2)c(OC)c1. The van der Waals surface area contributed by atoms with Crippen LogP contribution in [0.25, 0.3) is 5.03 Å². The van der Waals surface area contributed by atoms with E-state index in [4.69, 9.17) is 9.47 Å². The molecule has 176 valence electrons. The maximum atomic E-state index is 12.7. The molecule has 6 nitrogen and oxygen atoms in total. The first-order valence-electron chi connectivity index (χ1n) is 11.7. The second kappa shape index (κ2) is 9.58. The number of nitrogens with one attached hydrogen (secondary N) is 1. The number of aryl methyl sites for hydroxylation is 1. The number of nitrogens with zero attached hydrogens (tertiary/aromatic N) is 2. The van der Waals surface area contributed by atoms with Gasteiger partial charge in [-0.3, -0.25) is 4.79 Å².